The first-order valence-corrected chi connectivity index (χ1v) is 5.25. The molecule has 7 nitrogen and oxygen atoms in total. The Kier molecular flexibility index (Phi) is 2.79. The summed E-state index contributed by atoms with van der Waals surface area (Å²) in [7, 11) is 0. The lowest BCUT2D eigenvalue weighted by Crippen LogP contribution is -1.88. The highest BCUT2D eigenvalue weighted by Crippen LogP contribution is 2.40. The SMILES string of the molecule is O=[N+]([O-])c1cc([N+](=O)[O-])c(-c2ccccn2)s1. The van der Waals surface area contributed by atoms with E-state index in [1.807, 2.05) is 0 Å². The van der Waals surface area contributed by atoms with Gasteiger partial charge in [0, 0.05) is 6.20 Å². The van der Waals surface area contributed by atoms with Crippen LogP contribution in [0.2, 0.25) is 0 Å². The van der Waals surface area contributed by atoms with E-state index in [1.165, 1.54) is 6.20 Å². The standard InChI is InChI=1S/C9H5N3O4S/c13-11(14)7-5-8(12(15)16)17-9(7)6-3-1-2-4-10-6/h1-5H. The number of thiophene rings is 1. The minimum atomic E-state index is -0.649. The monoisotopic (exact) mass is 251 g/mol. The molecule has 0 atom stereocenters. The van der Waals surface area contributed by atoms with Crippen LogP contribution in [0.3, 0.4) is 0 Å². The van der Waals surface area contributed by atoms with Crippen molar-refractivity contribution >= 4 is 22.0 Å². The van der Waals surface area contributed by atoms with E-state index < -0.39 is 9.85 Å². The summed E-state index contributed by atoms with van der Waals surface area (Å²) in [5.74, 6) is 0. The molecule has 2 rings (SSSR count). The molecule has 0 saturated carbocycles. The van der Waals surface area contributed by atoms with Crippen molar-refractivity contribution < 1.29 is 9.85 Å². The lowest BCUT2D eigenvalue weighted by atomic mass is 10.3. The molecule has 0 unspecified atom stereocenters. The fourth-order valence-corrected chi connectivity index (χ4v) is 2.19. The number of nitrogens with zero attached hydrogens (tertiary/aromatic N) is 3. The zero-order valence-corrected chi connectivity index (χ0v) is 9.09. The van der Waals surface area contributed by atoms with Crippen LogP contribution in [-0.2, 0) is 0 Å². The van der Waals surface area contributed by atoms with Crippen LogP contribution in [0.15, 0.2) is 30.5 Å². The van der Waals surface area contributed by atoms with Gasteiger partial charge in [-0.2, -0.15) is 0 Å². The molecule has 86 valence electrons. The molecule has 0 aliphatic heterocycles. The first-order valence-electron chi connectivity index (χ1n) is 4.43. The Labute approximate surface area is 98.7 Å². The van der Waals surface area contributed by atoms with E-state index in [4.69, 9.17) is 0 Å². The van der Waals surface area contributed by atoms with E-state index in [2.05, 4.69) is 4.98 Å². The van der Waals surface area contributed by atoms with E-state index in [0.717, 1.165) is 17.4 Å². The van der Waals surface area contributed by atoms with Crippen LogP contribution in [0.25, 0.3) is 10.6 Å². The topological polar surface area (TPSA) is 99.2 Å². The third-order valence-corrected chi connectivity index (χ3v) is 3.07. The second-order valence-electron chi connectivity index (χ2n) is 3.03. The van der Waals surface area contributed by atoms with Crippen molar-refractivity contribution in [3.8, 4) is 10.6 Å². The van der Waals surface area contributed by atoms with Crippen LogP contribution in [0.5, 0.6) is 0 Å². The lowest BCUT2D eigenvalue weighted by molar-refractivity contribution is -0.389. The van der Waals surface area contributed by atoms with Gasteiger partial charge in [-0.15, -0.1) is 0 Å². The predicted octanol–water partition coefficient (Wildman–Crippen LogP) is 2.63. The molecule has 0 saturated heterocycles. The molecule has 0 spiro atoms. The van der Waals surface area contributed by atoms with Crippen molar-refractivity contribution in [3.05, 3.63) is 50.7 Å². The Hall–Kier alpha value is -2.35. The fourth-order valence-electron chi connectivity index (χ4n) is 1.27. The molecule has 8 heteroatoms. The number of hydrogen-bond donors (Lipinski definition) is 0. The molecule has 0 N–H and O–H groups in total. The normalized spacial score (nSPS) is 10.1. The van der Waals surface area contributed by atoms with Crippen LogP contribution in [0.1, 0.15) is 0 Å². The summed E-state index contributed by atoms with van der Waals surface area (Å²) in [5.41, 5.74) is 0.0673. The van der Waals surface area contributed by atoms with Crippen molar-refractivity contribution in [2.45, 2.75) is 0 Å². The Morgan fingerprint density at radius 1 is 1.18 bits per heavy atom. The van der Waals surface area contributed by atoms with Gasteiger partial charge in [-0.05, 0) is 12.1 Å². The molecule has 0 aliphatic carbocycles. The van der Waals surface area contributed by atoms with E-state index in [9.17, 15) is 20.2 Å². The first-order chi connectivity index (χ1) is 8.09. The van der Waals surface area contributed by atoms with Crippen LogP contribution in [-0.4, -0.2) is 14.8 Å². The number of aromatic nitrogens is 1. The molecule has 0 amide bonds. The smallest absolute Gasteiger partial charge is 0.258 e. The molecular weight excluding hydrogens is 246 g/mol. The lowest BCUT2D eigenvalue weighted by Gasteiger charge is -1.94. The van der Waals surface area contributed by atoms with Crippen LogP contribution in [0.4, 0.5) is 10.7 Å². The van der Waals surface area contributed by atoms with Gasteiger partial charge in [0.15, 0.2) is 0 Å². The average Bonchev–Trinajstić information content (AvgIpc) is 2.75. The predicted molar refractivity (Wildman–Crippen MR) is 60.9 cm³/mol. The number of nitro groups is 2. The van der Waals surface area contributed by atoms with E-state index in [1.54, 1.807) is 18.2 Å². The van der Waals surface area contributed by atoms with E-state index in [-0.39, 0.29) is 15.6 Å². The van der Waals surface area contributed by atoms with E-state index in [0.29, 0.717) is 5.69 Å². The maximum atomic E-state index is 10.8. The maximum Gasteiger partial charge on any atom is 0.331 e. The highest BCUT2D eigenvalue weighted by atomic mass is 32.1. The van der Waals surface area contributed by atoms with Gasteiger partial charge in [0.25, 0.3) is 5.69 Å². The summed E-state index contributed by atoms with van der Waals surface area (Å²) in [6, 6.07) is 5.85. The average molecular weight is 251 g/mol. The molecule has 0 fully saturated rings. The van der Waals surface area contributed by atoms with Gasteiger partial charge in [0.1, 0.15) is 10.9 Å². The molecule has 0 aliphatic rings. The molecule has 2 aromatic rings. The van der Waals surface area contributed by atoms with Gasteiger partial charge in [-0.3, -0.25) is 25.2 Å². The van der Waals surface area contributed by atoms with Gasteiger partial charge in [-0.25, -0.2) is 0 Å². The quantitative estimate of drug-likeness (QED) is 0.616. The van der Waals surface area contributed by atoms with Crippen LogP contribution < -0.4 is 0 Å². The highest BCUT2D eigenvalue weighted by Gasteiger charge is 2.26. The molecule has 0 bridgehead atoms. The Balaban J connectivity index is 2.60. The summed E-state index contributed by atoms with van der Waals surface area (Å²) in [4.78, 5) is 24.2. The summed E-state index contributed by atoms with van der Waals surface area (Å²) in [6.07, 6.45) is 1.48. The minimum Gasteiger partial charge on any atom is -0.258 e. The molecular formula is C9H5N3O4S. The number of rotatable bonds is 3. The summed E-state index contributed by atoms with van der Waals surface area (Å²) in [6.45, 7) is 0. The highest BCUT2D eigenvalue weighted by molar-refractivity contribution is 7.19. The molecule has 0 radical (unpaired) electrons. The maximum absolute atomic E-state index is 10.8. The Bertz CT molecular complexity index is 581. The Morgan fingerprint density at radius 3 is 2.47 bits per heavy atom. The van der Waals surface area contributed by atoms with E-state index >= 15 is 0 Å². The molecule has 2 aromatic heterocycles. The van der Waals surface area contributed by atoms with Gasteiger partial charge < -0.3 is 0 Å². The third-order valence-electron chi connectivity index (χ3n) is 1.97. The second-order valence-corrected chi connectivity index (χ2v) is 4.06. The van der Waals surface area contributed by atoms with Crippen molar-refractivity contribution in [2.75, 3.05) is 0 Å². The zero-order chi connectivity index (χ0) is 12.4. The van der Waals surface area contributed by atoms with Crippen molar-refractivity contribution in [2.24, 2.45) is 0 Å². The summed E-state index contributed by atoms with van der Waals surface area (Å²) < 4.78 is 0. The summed E-state index contributed by atoms with van der Waals surface area (Å²) >= 11 is 0.746. The zero-order valence-electron chi connectivity index (χ0n) is 8.27. The largest absolute Gasteiger partial charge is 0.331 e. The van der Waals surface area contributed by atoms with Gasteiger partial charge in [0.05, 0.1) is 15.5 Å². The van der Waals surface area contributed by atoms with Crippen molar-refractivity contribution in [1.29, 1.82) is 0 Å². The van der Waals surface area contributed by atoms with Crippen molar-refractivity contribution in [3.63, 3.8) is 0 Å². The van der Waals surface area contributed by atoms with Crippen LogP contribution >= 0.6 is 11.3 Å². The molecule has 2 heterocycles. The van der Waals surface area contributed by atoms with Gasteiger partial charge in [-0.1, -0.05) is 17.4 Å². The molecule has 17 heavy (non-hydrogen) atoms. The van der Waals surface area contributed by atoms with Crippen LogP contribution in [0, 0.1) is 20.2 Å². The second kappa shape index (κ2) is 4.26. The molecule has 0 aromatic carbocycles. The first kappa shape index (κ1) is 11.1. The van der Waals surface area contributed by atoms with Crippen molar-refractivity contribution in [1.82, 2.24) is 4.98 Å². The minimum absolute atomic E-state index is 0.197. The third kappa shape index (κ3) is 2.11. The Morgan fingerprint density at radius 2 is 1.94 bits per heavy atom. The summed E-state index contributed by atoms with van der Waals surface area (Å²) in [5, 5.41) is 21.1. The number of pyridine rings is 1. The van der Waals surface area contributed by atoms with Gasteiger partial charge in [0.2, 0.25) is 0 Å². The van der Waals surface area contributed by atoms with Gasteiger partial charge >= 0.3 is 5.00 Å². The fraction of sp³-hybridized carbons (Fsp3) is 0. The number of hydrogen-bond acceptors (Lipinski definition) is 6.